The smallest absolute Gasteiger partial charge is 0.252 e. The zero-order valence-corrected chi connectivity index (χ0v) is 18.3. The average molecular weight is 450 g/mol. The van der Waals surface area contributed by atoms with Gasteiger partial charge in [-0.05, 0) is 53.8 Å². The molecule has 2 aromatic rings. The van der Waals surface area contributed by atoms with Crippen molar-refractivity contribution < 1.29 is 19.4 Å². The van der Waals surface area contributed by atoms with Gasteiger partial charge < -0.3 is 19.9 Å². The van der Waals surface area contributed by atoms with Crippen molar-refractivity contribution in [2.24, 2.45) is 10.1 Å². The van der Waals surface area contributed by atoms with Crippen molar-refractivity contribution in [3.63, 3.8) is 0 Å². The summed E-state index contributed by atoms with van der Waals surface area (Å²) >= 11 is 0. The van der Waals surface area contributed by atoms with Crippen LogP contribution in [0, 0.1) is 0 Å². The van der Waals surface area contributed by atoms with Crippen molar-refractivity contribution in [1.29, 1.82) is 0 Å². The second kappa shape index (κ2) is 10.4. The molecule has 33 heavy (non-hydrogen) atoms. The number of nitrogens with one attached hydrogen (secondary N) is 1. The van der Waals surface area contributed by atoms with E-state index in [0.29, 0.717) is 31.1 Å². The molecule has 1 aliphatic carbocycles. The summed E-state index contributed by atoms with van der Waals surface area (Å²) in [6.45, 7) is 0.861. The number of nitrogens with zero attached hydrogens (tertiary/aromatic N) is 4. The molecule has 9 nitrogen and oxygen atoms in total. The van der Waals surface area contributed by atoms with Crippen LogP contribution in [-0.2, 0) is 22.5 Å². The van der Waals surface area contributed by atoms with Crippen molar-refractivity contribution >= 4 is 11.8 Å². The molecule has 1 heterocycles. The van der Waals surface area contributed by atoms with Crippen LogP contribution in [0.1, 0.15) is 36.0 Å². The average Bonchev–Trinajstić information content (AvgIpc) is 3.55. The van der Waals surface area contributed by atoms with Gasteiger partial charge in [-0.3, -0.25) is 4.79 Å². The fraction of sp³-hybridized carbons (Fsp3) is 0.417. The van der Waals surface area contributed by atoms with Gasteiger partial charge in [-0.25, -0.2) is 4.99 Å². The molecule has 0 aromatic heterocycles. The Bertz CT molecular complexity index is 1060. The second-order valence-corrected chi connectivity index (χ2v) is 8.27. The Labute approximate surface area is 192 Å². The first-order chi connectivity index (χ1) is 16.1. The maximum Gasteiger partial charge on any atom is 0.252 e. The Morgan fingerprint density at radius 3 is 2.70 bits per heavy atom. The molecule has 1 saturated carbocycles. The SMILES string of the molecule is [N-]=[N+]=NCc1ccccc1C[C@]1(C(=O)NC2CC2)COC(c2ccc(OCCCO)cc2)=N1. The van der Waals surface area contributed by atoms with Crippen molar-refractivity contribution in [3.8, 4) is 5.75 Å². The first kappa shape index (κ1) is 22.6. The number of benzene rings is 2. The quantitative estimate of drug-likeness (QED) is 0.236. The molecular weight excluding hydrogens is 422 g/mol. The largest absolute Gasteiger partial charge is 0.494 e. The number of azide groups is 1. The van der Waals surface area contributed by atoms with Crippen LogP contribution in [0.4, 0.5) is 0 Å². The number of aliphatic hydroxyl groups excluding tert-OH is 1. The second-order valence-electron chi connectivity index (χ2n) is 8.27. The van der Waals surface area contributed by atoms with E-state index in [1.165, 1.54) is 0 Å². The number of aliphatic hydroxyl groups is 1. The van der Waals surface area contributed by atoms with Crippen LogP contribution in [0.15, 0.2) is 58.6 Å². The third-order valence-corrected chi connectivity index (χ3v) is 5.68. The van der Waals surface area contributed by atoms with Crippen LogP contribution in [-0.4, -0.2) is 48.3 Å². The molecule has 2 aliphatic rings. The predicted octanol–water partition coefficient (Wildman–Crippen LogP) is 3.30. The highest BCUT2D eigenvalue weighted by molar-refractivity contribution is 6.00. The summed E-state index contributed by atoms with van der Waals surface area (Å²) in [5.41, 5.74) is 10.1. The molecule has 0 saturated heterocycles. The molecule has 1 atom stereocenters. The highest BCUT2D eigenvalue weighted by Crippen LogP contribution is 2.30. The standard InChI is InChI=1S/C24H27N5O4/c25-29-26-15-19-5-2-1-4-18(19)14-24(23(31)27-20-8-9-20)16-33-22(28-24)17-6-10-21(11-7-17)32-13-3-12-30/h1-2,4-7,10-11,20,30H,3,8-9,12-16H2,(H,27,31)/t24-/m1/s1. The number of aliphatic imine (C=N–C) groups is 1. The summed E-state index contributed by atoms with van der Waals surface area (Å²) in [6, 6.07) is 15.1. The maximum absolute atomic E-state index is 13.3. The van der Waals surface area contributed by atoms with Crippen LogP contribution in [0.25, 0.3) is 10.4 Å². The molecule has 2 N–H and O–H groups in total. The topological polar surface area (TPSA) is 129 Å². The van der Waals surface area contributed by atoms with Gasteiger partial charge in [0.05, 0.1) is 13.2 Å². The third-order valence-electron chi connectivity index (χ3n) is 5.68. The molecule has 0 radical (unpaired) electrons. The Morgan fingerprint density at radius 1 is 1.24 bits per heavy atom. The van der Waals surface area contributed by atoms with Crippen molar-refractivity contribution in [1.82, 2.24) is 5.32 Å². The number of carbonyl (C=O) groups excluding carboxylic acids is 1. The van der Waals surface area contributed by atoms with Gasteiger partial charge in [0.1, 0.15) is 12.4 Å². The van der Waals surface area contributed by atoms with Crippen LogP contribution in [0.2, 0.25) is 0 Å². The van der Waals surface area contributed by atoms with Crippen LogP contribution >= 0.6 is 0 Å². The van der Waals surface area contributed by atoms with E-state index in [2.05, 4.69) is 15.3 Å². The first-order valence-electron chi connectivity index (χ1n) is 11.1. The minimum absolute atomic E-state index is 0.0831. The number of ether oxygens (including phenoxy) is 2. The monoisotopic (exact) mass is 449 g/mol. The fourth-order valence-electron chi connectivity index (χ4n) is 3.68. The van der Waals surface area contributed by atoms with Crippen molar-refractivity contribution in [2.45, 2.75) is 43.8 Å². The van der Waals surface area contributed by atoms with Gasteiger partial charge >= 0.3 is 0 Å². The lowest BCUT2D eigenvalue weighted by Crippen LogP contribution is -2.49. The van der Waals surface area contributed by atoms with Gasteiger partial charge in [0.15, 0.2) is 5.54 Å². The van der Waals surface area contributed by atoms with E-state index in [9.17, 15) is 4.79 Å². The lowest BCUT2D eigenvalue weighted by Gasteiger charge is -2.24. The fourth-order valence-corrected chi connectivity index (χ4v) is 3.68. The predicted molar refractivity (Wildman–Crippen MR) is 123 cm³/mol. The van der Waals surface area contributed by atoms with Crippen LogP contribution in [0.3, 0.4) is 0 Å². The lowest BCUT2D eigenvalue weighted by molar-refractivity contribution is -0.126. The van der Waals surface area contributed by atoms with Gasteiger partial charge in [-0.1, -0.05) is 29.4 Å². The summed E-state index contributed by atoms with van der Waals surface area (Å²) in [5.74, 6) is 0.952. The van der Waals surface area contributed by atoms with E-state index in [1.807, 2.05) is 48.5 Å². The Kier molecular flexibility index (Phi) is 7.12. The first-order valence-corrected chi connectivity index (χ1v) is 11.1. The molecule has 0 bridgehead atoms. The molecule has 0 unspecified atom stereocenters. The van der Waals surface area contributed by atoms with E-state index in [4.69, 9.17) is 25.1 Å². The zero-order chi connectivity index (χ0) is 23.1. The van der Waals surface area contributed by atoms with Gasteiger partial charge in [-0.2, -0.15) is 0 Å². The Hall–Kier alpha value is -3.55. The van der Waals surface area contributed by atoms with E-state index < -0.39 is 5.54 Å². The molecule has 2 aromatic carbocycles. The number of amides is 1. The van der Waals surface area contributed by atoms with Gasteiger partial charge in [0, 0.05) is 36.0 Å². The summed E-state index contributed by atoms with van der Waals surface area (Å²) in [7, 11) is 0. The van der Waals surface area contributed by atoms with E-state index in [0.717, 1.165) is 29.5 Å². The van der Waals surface area contributed by atoms with Crippen molar-refractivity contribution in [3.05, 3.63) is 75.7 Å². The minimum Gasteiger partial charge on any atom is -0.494 e. The number of hydrogen-bond donors (Lipinski definition) is 2. The van der Waals surface area contributed by atoms with E-state index in [1.54, 1.807) is 0 Å². The van der Waals surface area contributed by atoms with Gasteiger partial charge in [-0.15, -0.1) is 0 Å². The van der Waals surface area contributed by atoms with E-state index in [-0.39, 0.29) is 31.7 Å². The summed E-state index contributed by atoms with van der Waals surface area (Å²) in [5, 5.41) is 15.7. The van der Waals surface area contributed by atoms with Crippen LogP contribution in [0.5, 0.6) is 5.75 Å². The molecule has 9 heteroatoms. The summed E-state index contributed by atoms with van der Waals surface area (Å²) < 4.78 is 11.5. The third kappa shape index (κ3) is 5.63. The zero-order valence-electron chi connectivity index (χ0n) is 18.3. The summed E-state index contributed by atoms with van der Waals surface area (Å²) in [6.07, 6.45) is 2.86. The molecule has 4 rings (SSSR count). The summed E-state index contributed by atoms with van der Waals surface area (Å²) in [4.78, 5) is 21.0. The molecule has 1 amide bonds. The molecule has 0 spiro atoms. The van der Waals surface area contributed by atoms with E-state index >= 15 is 0 Å². The maximum atomic E-state index is 13.3. The van der Waals surface area contributed by atoms with Crippen LogP contribution < -0.4 is 10.1 Å². The normalized spacial score (nSPS) is 19.2. The Morgan fingerprint density at radius 2 is 2.00 bits per heavy atom. The molecule has 1 fully saturated rings. The molecular formula is C24H27N5O4. The highest BCUT2D eigenvalue weighted by atomic mass is 16.5. The lowest BCUT2D eigenvalue weighted by atomic mass is 9.89. The van der Waals surface area contributed by atoms with Gasteiger partial charge in [0.2, 0.25) is 5.90 Å². The highest BCUT2D eigenvalue weighted by Gasteiger charge is 2.46. The molecule has 1 aliphatic heterocycles. The number of carbonyl (C=O) groups is 1. The van der Waals surface area contributed by atoms with Crippen molar-refractivity contribution in [2.75, 3.05) is 19.8 Å². The Balaban J connectivity index is 1.59. The number of rotatable bonds is 11. The molecule has 172 valence electrons. The van der Waals surface area contributed by atoms with Gasteiger partial charge in [0.25, 0.3) is 5.91 Å². The minimum atomic E-state index is -1.10. The number of hydrogen-bond acceptors (Lipinski definition) is 6.